The minimum Gasteiger partial charge on any atom is -0.330 e. The highest BCUT2D eigenvalue weighted by Gasteiger charge is 2.33. The molecule has 1 rings (SSSR count). The van der Waals surface area contributed by atoms with E-state index in [1.54, 1.807) is 0 Å². The van der Waals surface area contributed by atoms with Gasteiger partial charge in [0.25, 0.3) is 0 Å². The van der Waals surface area contributed by atoms with Crippen LogP contribution >= 0.6 is 0 Å². The van der Waals surface area contributed by atoms with Crippen LogP contribution in [0.1, 0.15) is 46.0 Å². The van der Waals surface area contributed by atoms with Gasteiger partial charge in [0.1, 0.15) is 0 Å². The predicted octanol–water partition coefficient (Wildman–Crippen LogP) is 2.48. The summed E-state index contributed by atoms with van der Waals surface area (Å²) in [5, 5.41) is 0. The van der Waals surface area contributed by atoms with Crippen LogP contribution in [0.25, 0.3) is 0 Å². The van der Waals surface area contributed by atoms with Crippen molar-refractivity contribution in [1.29, 1.82) is 0 Å². The SMILES string of the molecule is CCCN(C)CC1(CN)CCC(C)CC1. The van der Waals surface area contributed by atoms with E-state index in [4.69, 9.17) is 5.73 Å². The standard InChI is InChI=1S/C13H28N2/c1-4-9-15(3)11-13(10-14)7-5-12(2)6-8-13/h12H,4-11,14H2,1-3H3. The van der Waals surface area contributed by atoms with Gasteiger partial charge >= 0.3 is 0 Å². The lowest BCUT2D eigenvalue weighted by Gasteiger charge is -2.41. The van der Waals surface area contributed by atoms with Gasteiger partial charge in [0, 0.05) is 6.54 Å². The van der Waals surface area contributed by atoms with Crippen molar-refractivity contribution in [2.75, 3.05) is 26.7 Å². The smallest absolute Gasteiger partial charge is 0.00470 e. The fourth-order valence-corrected chi connectivity index (χ4v) is 2.83. The van der Waals surface area contributed by atoms with Crippen LogP contribution in [0, 0.1) is 11.3 Å². The topological polar surface area (TPSA) is 29.3 Å². The Morgan fingerprint density at radius 1 is 1.33 bits per heavy atom. The third-order valence-corrected chi connectivity index (χ3v) is 3.98. The highest BCUT2D eigenvalue weighted by Crippen LogP contribution is 2.38. The third-order valence-electron chi connectivity index (χ3n) is 3.98. The number of hydrogen-bond acceptors (Lipinski definition) is 2. The molecular weight excluding hydrogens is 184 g/mol. The molecule has 0 spiro atoms. The molecule has 0 aliphatic heterocycles. The van der Waals surface area contributed by atoms with E-state index >= 15 is 0 Å². The summed E-state index contributed by atoms with van der Waals surface area (Å²) in [6.45, 7) is 7.89. The van der Waals surface area contributed by atoms with Gasteiger partial charge in [0.15, 0.2) is 0 Å². The molecule has 2 heteroatoms. The van der Waals surface area contributed by atoms with Crippen molar-refractivity contribution < 1.29 is 0 Å². The molecule has 15 heavy (non-hydrogen) atoms. The lowest BCUT2D eigenvalue weighted by Crippen LogP contribution is -2.43. The number of rotatable bonds is 5. The Bertz CT molecular complexity index is 171. The second-order valence-electron chi connectivity index (χ2n) is 5.62. The fraction of sp³-hybridized carbons (Fsp3) is 1.00. The zero-order valence-electron chi connectivity index (χ0n) is 10.8. The minimum absolute atomic E-state index is 0.427. The van der Waals surface area contributed by atoms with Crippen LogP contribution in [-0.4, -0.2) is 31.6 Å². The van der Waals surface area contributed by atoms with E-state index in [1.807, 2.05) is 0 Å². The largest absolute Gasteiger partial charge is 0.330 e. The van der Waals surface area contributed by atoms with Crippen molar-refractivity contribution in [3.8, 4) is 0 Å². The maximum Gasteiger partial charge on any atom is 0.00470 e. The average molecular weight is 212 g/mol. The van der Waals surface area contributed by atoms with E-state index in [-0.39, 0.29) is 0 Å². The summed E-state index contributed by atoms with van der Waals surface area (Å²) in [6.07, 6.45) is 6.65. The highest BCUT2D eigenvalue weighted by atomic mass is 15.1. The Labute approximate surface area is 95.2 Å². The van der Waals surface area contributed by atoms with Crippen LogP contribution < -0.4 is 5.73 Å². The van der Waals surface area contributed by atoms with Crippen LogP contribution in [0.3, 0.4) is 0 Å². The second kappa shape index (κ2) is 5.86. The summed E-state index contributed by atoms with van der Waals surface area (Å²) in [6, 6.07) is 0. The zero-order chi connectivity index (χ0) is 11.3. The summed E-state index contributed by atoms with van der Waals surface area (Å²) in [4.78, 5) is 2.46. The van der Waals surface area contributed by atoms with Crippen molar-refractivity contribution in [2.45, 2.75) is 46.0 Å². The first kappa shape index (κ1) is 13.0. The van der Waals surface area contributed by atoms with Crippen molar-refractivity contribution in [3.05, 3.63) is 0 Å². The van der Waals surface area contributed by atoms with Gasteiger partial charge in [-0.25, -0.2) is 0 Å². The van der Waals surface area contributed by atoms with Crippen LogP contribution in [0.15, 0.2) is 0 Å². The molecule has 0 aromatic carbocycles. The Morgan fingerprint density at radius 2 is 1.93 bits per heavy atom. The third kappa shape index (κ3) is 3.76. The van der Waals surface area contributed by atoms with E-state index in [2.05, 4.69) is 25.8 Å². The second-order valence-corrected chi connectivity index (χ2v) is 5.62. The monoisotopic (exact) mass is 212 g/mol. The summed E-state index contributed by atoms with van der Waals surface area (Å²) >= 11 is 0. The van der Waals surface area contributed by atoms with Crippen LogP contribution in [0.5, 0.6) is 0 Å². The highest BCUT2D eigenvalue weighted by molar-refractivity contribution is 4.87. The van der Waals surface area contributed by atoms with Gasteiger partial charge in [-0.1, -0.05) is 26.7 Å². The Morgan fingerprint density at radius 3 is 2.40 bits per heavy atom. The molecule has 0 radical (unpaired) electrons. The quantitative estimate of drug-likeness (QED) is 0.758. The first-order chi connectivity index (χ1) is 7.12. The summed E-state index contributed by atoms with van der Waals surface area (Å²) in [5.74, 6) is 0.918. The molecule has 1 saturated carbocycles. The maximum absolute atomic E-state index is 6.00. The molecule has 0 bridgehead atoms. The van der Waals surface area contributed by atoms with Gasteiger partial charge in [0.05, 0.1) is 0 Å². The predicted molar refractivity (Wildman–Crippen MR) is 66.9 cm³/mol. The van der Waals surface area contributed by atoms with Crippen molar-refractivity contribution in [2.24, 2.45) is 17.1 Å². The van der Waals surface area contributed by atoms with E-state index < -0.39 is 0 Å². The molecule has 1 aliphatic carbocycles. The minimum atomic E-state index is 0.427. The average Bonchev–Trinajstić information content (AvgIpc) is 2.22. The summed E-state index contributed by atoms with van der Waals surface area (Å²) in [5.41, 5.74) is 6.43. The van der Waals surface area contributed by atoms with E-state index in [0.717, 1.165) is 12.5 Å². The van der Waals surface area contributed by atoms with Crippen molar-refractivity contribution in [3.63, 3.8) is 0 Å². The zero-order valence-corrected chi connectivity index (χ0v) is 10.8. The van der Waals surface area contributed by atoms with E-state index in [9.17, 15) is 0 Å². The first-order valence-corrected chi connectivity index (χ1v) is 6.50. The Balaban J connectivity index is 2.46. The maximum atomic E-state index is 6.00. The van der Waals surface area contributed by atoms with Gasteiger partial charge in [-0.05, 0) is 50.7 Å². The van der Waals surface area contributed by atoms with Crippen LogP contribution in [0.4, 0.5) is 0 Å². The molecule has 0 unspecified atom stereocenters. The van der Waals surface area contributed by atoms with Crippen molar-refractivity contribution in [1.82, 2.24) is 4.90 Å². The molecule has 2 nitrogen and oxygen atoms in total. The first-order valence-electron chi connectivity index (χ1n) is 6.50. The van der Waals surface area contributed by atoms with Crippen molar-refractivity contribution >= 4 is 0 Å². The molecule has 0 atom stereocenters. The lowest BCUT2D eigenvalue weighted by molar-refractivity contribution is 0.108. The Kier molecular flexibility index (Phi) is 5.07. The Hall–Kier alpha value is -0.0800. The molecule has 0 saturated heterocycles. The number of nitrogens with zero attached hydrogens (tertiary/aromatic N) is 1. The molecular formula is C13H28N2. The van der Waals surface area contributed by atoms with Gasteiger partial charge in [-0.3, -0.25) is 0 Å². The molecule has 0 amide bonds. The molecule has 90 valence electrons. The van der Waals surface area contributed by atoms with Crippen LogP contribution in [-0.2, 0) is 0 Å². The molecule has 0 aromatic heterocycles. The fourth-order valence-electron chi connectivity index (χ4n) is 2.83. The normalized spacial score (nSPS) is 32.2. The van der Waals surface area contributed by atoms with Gasteiger partial charge in [-0.2, -0.15) is 0 Å². The van der Waals surface area contributed by atoms with Crippen LogP contribution in [0.2, 0.25) is 0 Å². The molecule has 0 heterocycles. The van der Waals surface area contributed by atoms with Gasteiger partial charge in [0.2, 0.25) is 0 Å². The van der Waals surface area contributed by atoms with Gasteiger partial charge in [-0.15, -0.1) is 0 Å². The van der Waals surface area contributed by atoms with E-state index in [1.165, 1.54) is 45.2 Å². The molecule has 0 aromatic rings. The van der Waals surface area contributed by atoms with Gasteiger partial charge < -0.3 is 10.6 Å². The summed E-state index contributed by atoms with van der Waals surface area (Å²) in [7, 11) is 2.24. The number of nitrogens with two attached hydrogens (primary N) is 1. The summed E-state index contributed by atoms with van der Waals surface area (Å²) < 4.78 is 0. The number of hydrogen-bond donors (Lipinski definition) is 1. The van der Waals surface area contributed by atoms with E-state index in [0.29, 0.717) is 5.41 Å². The molecule has 2 N–H and O–H groups in total. The molecule has 1 aliphatic rings. The lowest BCUT2D eigenvalue weighted by atomic mass is 9.70. The molecule has 1 fully saturated rings.